The Bertz CT molecular complexity index is 836. The zero-order chi connectivity index (χ0) is 17.8. The smallest absolute Gasteiger partial charge is 0.404 e. The molecule has 0 radical (unpaired) electrons. The molecule has 0 unspecified atom stereocenters. The Morgan fingerprint density at radius 1 is 0.808 bits per heavy atom. The molecule has 0 spiro atoms. The lowest BCUT2D eigenvalue weighted by Gasteiger charge is -2.29. The summed E-state index contributed by atoms with van der Waals surface area (Å²) < 4.78 is 12.8. The van der Waals surface area contributed by atoms with Gasteiger partial charge in [0.05, 0.1) is 6.61 Å². The molecule has 3 aromatic rings. The van der Waals surface area contributed by atoms with E-state index in [4.69, 9.17) is 9.31 Å². The van der Waals surface area contributed by atoms with Gasteiger partial charge in [0.2, 0.25) is 0 Å². The van der Waals surface area contributed by atoms with Crippen molar-refractivity contribution in [2.24, 2.45) is 0 Å². The molecule has 1 aliphatic rings. The molecule has 0 bridgehead atoms. The van der Waals surface area contributed by atoms with Gasteiger partial charge in [-0.15, -0.1) is 0 Å². The van der Waals surface area contributed by atoms with Crippen molar-refractivity contribution in [2.45, 2.75) is 12.5 Å². The van der Waals surface area contributed by atoms with E-state index in [9.17, 15) is 0 Å². The van der Waals surface area contributed by atoms with Crippen LogP contribution in [0, 0.1) is 0 Å². The molecule has 128 valence electrons. The molecule has 0 aromatic heterocycles. The maximum absolute atomic E-state index is 6.64. The second-order valence-electron chi connectivity index (χ2n) is 6.43. The van der Waals surface area contributed by atoms with E-state index in [1.807, 2.05) is 61.5 Å². The van der Waals surface area contributed by atoms with Crippen LogP contribution < -0.4 is 0 Å². The Morgan fingerprint density at radius 2 is 1.31 bits per heavy atom. The third-order valence-electron chi connectivity index (χ3n) is 4.90. The lowest BCUT2D eigenvalue weighted by Crippen LogP contribution is -2.32. The van der Waals surface area contributed by atoms with Gasteiger partial charge in [0.15, 0.2) is 0 Å². The lowest BCUT2D eigenvalue weighted by molar-refractivity contribution is 0.139. The minimum Gasteiger partial charge on any atom is -0.404 e. The van der Waals surface area contributed by atoms with Crippen molar-refractivity contribution in [2.75, 3.05) is 6.61 Å². The molecular formula is C23H21BO2. The highest BCUT2D eigenvalue weighted by atomic mass is 16.7. The van der Waals surface area contributed by atoms with E-state index in [1.54, 1.807) is 0 Å². The molecule has 0 saturated carbocycles. The van der Waals surface area contributed by atoms with E-state index in [0.29, 0.717) is 6.61 Å². The van der Waals surface area contributed by atoms with Gasteiger partial charge in [-0.1, -0.05) is 97.1 Å². The average molecular weight is 340 g/mol. The number of benzene rings is 3. The molecule has 1 fully saturated rings. The van der Waals surface area contributed by atoms with Crippen LogP contribution >= 0.6 is 0 Å². The zero-order valence-corrected chi connectivity index (χ0v) is 14.8. The molecular weight excluding hydrogens is 319 g/mol. The zero-order valence-electron chi connectivity index (χ0n) is 14.8. The van der Waals surface area contributed by atoms with Crippen LogP contribution in [-0.2, 0) is 14.9 Å². The fraction of sp³-hybridized carbons (Fsp3) is 0.130. The van der Waals surface area contributed by atoms with E-state index < -0.39 is 12.7 Å². The molecule has 1 heterocycles. The summed E-state index contributed by atoms with van der Waals surface area (Å²) in [6.45, 7) is 2.51. The molecule has 3 heteroatoms. The number of hydrogen-bond donors (Lipinski definition) is 0. The van der Waals surface area contributed by atoms with Gasteiger partial charge in [-0.05, 0) is 29.1 Å². The predicted molar refractivity (Wildman–Crippen MR) is 107 cm³/mol. The third kappa shape index (κ3) is 3.00. The monoisotopic (exact) mass is 340 g/mol. The van der Waals surface area contributed by atoms with Crippen LogP contribution in [0.15, 0.2) is 97.1 Å². The second kappa shape index (κ2) is 7.32. The number of allylic oxidation sites excluding steroid dienone is 1. The SMILES string of the molecule is C/C=C(\B1OCC(c2ccccc2)(c2ccccc2)O1)c1ccccc1. The van der Waals surface area contributed by atoms with Gasteiger partial charge in [0, 0.05) is 0 Å². The van der Waals surface area contributed by atoms with Crippen molar-refractivity contribution >= 4 is 12.6 Å². The standard InChI is InChI=1S/C23H21BO2/c1-2-22(19-12-6-3-7-13-19)24-25-18-23(26-24,20-14-8-4-9-15-20)21-16-10-5-11-17-21/h2-17H,18H2,1H3/b22-2-. The number of hydrogen-bond acceptors (Lipinski definition) is 2. The van der Waals surface area contributed by atoms with E-state index in [1.165, 1.54) is 0 Å². The first-order chi connectivity index (χ1) is 12.8. The fourth-order valence-electron chi connectivity index (χ4n) is 3.55. The maximum atomic E-state index is 6.64. The Hall–Kier alpha value is -2.62. The lowest BCUT2D eigenvalue weighted by atomic mass is 9.73. The third-order valence-corrected chi connectivity index (χ3v) is 4.90. The molecule has 0 atom stereocenters. The summed E-state index contributed by atoms with van der Waals surface area (Å²) in [5.41, 5.74) is 3.79. The average Bonchev–Trinajstić information content (AvgIpc) is 3.17. The van der Waals surface area contributed by atoms with E-state index in [2.05, 4.69) is 42.5 Å². The summed E-state index contributed by atoms with van der Waals surface area (Å²) in [5, 5.41) is 0. The Morgan fingerprint density at radius 3 is 1.81 bits per heavy atom. The molecule has 0 amide bonds. The van der Waals surface area contributed by atoms with Crippen molar-refractivity contribution in [3.8, 4) is 0 Å². The van der Waals surface area contributed by atoms with Crippen LogP contribution in [-0.4, -0.2) is 13.7 Å². The molecule has 1 saturated heterocycles. The van der Waals surface area contributed by atoms with Gasteiger partial charge >= 0.3 is 7.12 Å². The van der Waals surface area contributed by atoms with E-state index in [0.717, 1.165) is 22.2 Å². The molecule has 2 nitrogen and oxygen atoms in total. The van der Waals surface area contributed by atoms with Gasteiger partial charge < -0.3 is 9.31 Å². The largest absolute Gasteiger partial charge is 0.495 e. The van der Waals surface area contributed by atoms with Crippen LogP contribution in [0.2, 0.25) is 0 Å². The summed E-state index contributed by atoms with van der Waals surface area (Å²) in [6, 6.07) is 30.9. The summed E-state index contributed by atoms with van der Waals surface area (Å²) in [7, 11) is -0.400. The van der Waals surface area contributed by atoms with Crippen molar-refractivity contribution in [1.82, 2.24) is 0 Å². The quantitative estimate of drug-likeness (QED) is 0.615. The van der Waals surface area contributed by atoms with Gasteiger partial charge in [-0.25, -0.2) is 0 Å². The first-order valence-corrected chi connectivity index (χ1v) is 8.95. The highest BCUT2D eigenvalue weighted by Crippen LogP contribution is 2.41. The van der Waals surface area contributed by atoms with Gasteiger partial charge in [0.1, 0.15) is 5.60 Å². The van der Waals surface area contributed by atoms with Crippen LogP contribution in [0.3, 0.4) is 0 Å². The normalized spacial score (nSPS) is 16.7. The molecule has 26 heavy (non-hydrogen) atoms. The highest BCUT2D eigenvalue weighted by molar-refractivity contribution is 6.68. The van der Waals surface area contributed by atoms with Crippen molar-refractivity contribution < 1.29 is 9.31 Å². The summed E-state index contributed by atoms with van der Waals surface area (Å²) in [6.07, 6.45) is 2.08. The fourth-order valence-corrected chi connectivity index (χ4v) is 3.55. The van der Waals surface area contributed by atoms with Crippen LogP contribution in [0.4, 0.5) is 0 Å². The van der Waals surface area contributed by atoms with Crippen LogP contribution in [0.25, 0.3) is 5.47 Å². The summed E-state index contributed by atoms with van der Waals surface area (Å²) in [4.78, 5) is 0. The topological polar surface area (TPSA) is 18.5 Å². The maximum Gasteiger partial charge on any atom is 0.495 e. The Kier molecular flexibility index (Phi) is 4.74. The van der Waals surface area contributed by atoms with Crippen molar-refractivity contribution in [1.29, 1.82) is 0 Å². The van der Waals surface area contributed by atoms with E-state index >= 15 is 0 Å². The Balaban J connectivity index is 1.74. The van der Waals surface area contributed by atoms with Crippen LogP contribution in [0.5, 0.6) is 0 Å². The first kappa shape index (κ1) is 16.8. The first-order valence-electron chi connectivity index (χ1n) is 8.95. The Labute approximate surface area is 155 Å². The van der Waals surface area contributed by atoms with Gasteiger partial charge in [-0.3, -0.25) is 0 Å². The molecule has 0 N–H and O–H groups in total. The minimum absolute atomic E-state index is 0.400. The van der Waals surface area contributed by atoms with Gasteiger partial charge in [-0.2, -0.15) is 0 Å². The molecule has 4 rings (SSSR count). The second-order valence-corrected chi connectivity index (χ2v) is 6.43. The minimum atomic E-state index is -0.601. The summed E-state index contributed by atoms with van der Waals surface area (Å²) >= 11 is 0. The van der Waals surface area contributed by atoms with Crippen LogP contribution in [0.1, 0.15) is 23.6 Å². The molecule has 0 aliphatic carbocycles. The predicted octanol–water partition coefficient (Wildman–Crippen LogP) is 5.11. The van der Waals surface area contributed by atoms with Gasteiger partial charge in [0.25, 0.3) is 0 Å². The van der Waals surface area contributed by atoms with Crippen molar-refractivity contribution in [3.63, 3.8) is 0 Å². The number of rotatable bonds is 4. The summed E-state index contributed by atoms with van der Waals surface area (Å²) in [5.74, 6) is 0. The molecule has 3 aromatic carbocycles. The van der Waals surface area contributed by atoms with Crippen molar-refractivity contribution in [3.05, 3.63) is 114 Å². The molecule has 1 aliphatic heterocycles. The highest BCUT2D eigenvalue weighted by Gasteiger charge is 2.48. The van der Waals surface area contributed by atoms with E-state index in [-0.39, 0.29) is 0 Å².